The third kappa shape index (κ3) is 3.33. The van der Waals surface area contributed by atoms with Crippen LogP contribution in [-0.4, -0.2) is 22.5 Å². The number of aromatic carboxylic acids is 1. The maximum absolute atomic E-state index is 13.6. The van der Waals surface area contributed by atoms with E-state index in [9.17, 15) is 14.0 Å². The van der Waals surface area contributed by atoms with E-state index in [4.69, 9.17) is 10.8 Å². The molecule has 1 aromatic rings. The van der Waals surface area contributed by atoms with Crippen LogP contribution in [0.3, 0.4) is 0 Å². The Labute approximate surface area is 116 Å². The predicted molar refractivity (Wildman–Crippen MR) is 72.0 cm³/mol. The fraction of sp³-hybridized carbons (Fsp3) is 0.429. The molecule has 2 rings (SSSR count). The third-order valence-electron chi connectivity index (χ3n) is 3.60. The molecule has 0 radical (unpaired) electrons. The van der Waals surface area contributed by atoms with Crippen LogP contribution in [0.5, 0.6) is 0 Å². The maximum atomic E-state index is 13.6. The van der Waals surface area contributed by atoms with Gasteiger partial charge in [0, 0.05) is 12.0 Å². The van der Waals surface area contributed by atoms with Crippen LogP contribution in [-0.2, 0) is 4.79 Å². The second kappa shape index (κ2) is 5.58. The molecule has 0 saturated heterocycles. The lowest BCUT2D eigenvalue weighted by atomic mass is 9.94. The largest absolute Gasteiger partial charge is 0.478 e. The number of carboxylic acids is 1. The van der Waals surface area contributed by atoms with Crippen molar-refractivity contribution in [3.8, 4) is 0 Å². The quantitative estimate of drug-likeness (QED) is 0.787. The highest BCUT2D eigenvalue weighted by Crippen LogP contribution is 2.30. The lowest BCUT2D eigenvalue weighted by molar-refractivity contribution is -0.117. The highest BCUT2D eigenvalue weighted by Gasteiger charge is 2.31. The molecule has 0 aliphatic heterocycles. The van der Waals surface area contributed by atoms with Gasteiger partial charge in [-0.3, -0.25) is 4.79 Å². The molecule has 1 aliphatic rings. The van der Waals surface area contributed by atoms with Gasteiger partial charge in [0.15, 0.2) is 0 Å². The topological polar surface area (TPSA) is 92.4 Å². The molecule has 1 aliphatic carbocycles. The number of halogens is 1. The van der Waals surface area contributed by atoms with E-state index in [1.54, 1.807) is 0 Å². The smallest absolute Gasteiger partial charge is 0.335 e. The van der Waals surface area contributed by atoms with Gasteiger partial charge < -0.3 is 16.2 Å². The Morgan fingerprint density at radius 1 is 1.35 bits per heavy atom. The predicted octanol–water partition coefficient (Wildman–Crippen LogP) is 2.12. The van der Waals surface area contributed by atoms with Crippen LogP contribution < -0.4 is 11.1 Å². The molecule has 108 valence electrons. The van der Waals surface area contributed by atoms with Crippen LogP contribution in [0.2, 0.25) is 0 Å². The minimum Gasteiger partial charge on any atom is -0.478 e. The van der Waals surface area contributed by atoms with Gasteiger partial charge in [0.25, 0.3) is 0 Å². The van der Waals surface area contributed by atoms with E-state index >= 15 is 0 Å². The molecular weight excluding hydrogens is 263 g/mol. The molecule has 4 N–H and O–H groups in total. The molecule has 0 atom stereocenters. The number of carboxylic acid groups (broad SMARTS) is 1. The van der Waals surface area contributed by atoms with Gasteiger partial charge in [0.05, 0.1) is 11.3 Å². The fourth-order valence-electron chi connectivity index (χ4n) is 2.52. The van der Waals surface area contributed by atoms with Gasteiger partial charge in [-0.15, -0.1) is 0 Å². The molecule has 0 spiro atoms. The molecule has 20 heavy (non-hydrogen) atoms. The first-order valence-corrected chi connectivity index (χ1v) is 6.51. The first-order valence-electron chi connectivity index (χ1n) is 6.51. The van der Waals surface area contributed by atoms with Crippen molar-refractivity contribution >= 4 is 17.6 Å². The Kier molecular flexibility index (Phi) is 4.04. The maximum Gasteiger partial charge on any atom is 0.335 e. The van der Waals surface area contributed by atoms with Gasteiger partial charge in [-0.2, -0.15) is 0 Å². The minimum atomic E-state index is -1.17. The average molecular weight is 280 g/mol. The van der Waals surface area contributed by atoms with Crippen molar-refractivity contribution in [2.45, 2.75) is 37.6 Å². The Hall–Kier alpha value is -1.95. The van der Waals surface area contributed by atoms with Crippen molar-refractivity contribution in [3.63, 3.8) is 0 Å². The van der Waals surface area contributed by atoms with Crippen molar-refractivity contribution in [1.82, 2.24) is 0 Å². The number of rotatable bonds is 4. The third-order valence-corrected chi connectivity index (χ3v) is 3.60. The van der Waals surface area contributed by atoms with Crippen LogP contribution in [0, 0.1) is 5.82 Å². The summed E-state index contributed by atoms with van der Waals surface area (Å²) < 4.78 is 13.6. The van der Waals surface area contributed by atoms with Crippen LogP contribution >= 0.6 is 0 Å². The summed E-state index contributed by atoms with van der Waals surface area (Å²) in [7, 11) is 0. The van der Waals surface area contributed by atoms with E-state index in [1.165, 1.54) is 0 Å². The number of hydrogen-bond acceptors (Lipinski definition) is 3. The molecule has 1 amide bonds. The number of carbonyl (C=O) groups excluding carboxylic acids is 1. The standard InChI is InChI=1S/C14H17FN2O3/c15-10-4-3-9(13(19)20)7-11(10)17-12(18)8-14(16)5-1-2-6-14/h3-4,7H,1-2,5-6,8,16H2,(H,17,18)(H,19,20). The first kappa shape index (κ1) is 14.5. The van der Waals surface area contributed by atoms with Crippen LogP contribution in [0.25, 0.3) is 0 Å². The fourth-order valence-corrected chi connectivity index (χ4v) is 2.52. The summed E-state index contributed by atoms with van der Waals surface area (Å²) in [4.78, 5) is 22.7. The molecule has 1 fully saturated rings. The Bertz CT molecular complexity index is 539. The van der Waals surface area contributed by atoms with Crippen molar-refractivity contribution in [1.29, 1.82) is 0 Å². The molecule has 5 nitrogen and oxygen atoms in total. The number of carbonyl (C=O) groups is 2. The summed E-state index contributed by atoms with van der Waals surface area (Å²) >= 11 is 0. The van der Waals surface area contributed by atoms with E-state index in [0.717, 1.165) is 43.9 Å². The monoisotopic (exact) mass is 280 g/mol. The zero-order valence-electron chi connectivity index (χ0n) is 11.0. The van der Waals surface area contributed by atoms with E-state index in [0.29, 0.717) is 0 Å². The molecule has 0 bridgehead atoms. The molecule has 0 aromatic heterocycles. The number of anilines is 1. The lowest BCUT2D eigenvalue weighted by Gasteiger charge is -2.22. The number of benzene rings is 1. The van der Waals surface area contributed by atoms with E-state index < -0.39 is 23.2 Å². The molecular formula is C14H17FN2O3. The van der Waals surface area contributed by atoms with Gasteiger partial charge in [-0.05, 0) is 31.0 Å². The summed E-state index contributed by atoms with van der Waals surface area (Å²) in [6.07, 6.45) is 3.65. The Balaban J connectivity index is 2.07. The molecule has 1 saturated carbocycles. The summed E-state index contributed by atoms with van der Waals surface area (Å²) in [5, 5.41) is 11.3. The number of nitrogens with one attached hydrogen (secondary N) is 1. The highest BCUT2D eigenvalue weighted by atomic mass is 19.1. The minimum absolute atomic E-state index is 0.0787. The molecule has 0 unspecified atom stereocenters. The van der Waals surface area contributed by atoms with Crippen LogP contribution in [0.15, 0.2) is 18.2 Å². The second-order valence-electron chi connectivity index (χ2n) is 5.29. The van der Waals surface area contributed by atoms with E-state index in [2.05, 4.69) is 5.32 Å². The number of hydrogen-bond donors (Lipinski definition) is 3. The van der Waals surface area contributed by atoms with E-state index in [1.807, 2.05) is 0 Å². The average Bonchev–Trinajstić information content (AvgIpc) is 2.78. The molecule has 6 heteroatoms. The summed E-state index contributed by atoms with van der Waals surface area (Å²) in [5.41, 5.74) is 5.35. The van der Waals surface area contributed by atoms with Crippen molar-refractivity contribution < 1.29 is 19.1 Å². The van der Waals surface area contributed by atoms with Gasteiger partial charge in [-0.1, -0.05) is 12.8 Å². The van der Waals surface area contributed by atoms with Crippen molar-refractivity contribution in [2.75, 3.05) is 5.32 Å². The Morgan fingerprint density at radius 2 is 2.00 bits per heavy atom. The molecule has 0 heterocycles. The van der Waals surface area contributed by atoms with Crippen molar-refractivity contribution in [3.05, 3.63) is 29.6 Å². The van der Waals surface area contributed by atoms with Gasteiger partial charge in [0.2, 0.25) is 5.91 Å². The van der Waals surface area contributed by atoms with Gasteiger partial charge in [-0.25, -0.2) is 9.18 Å². The zero-order valence-corrected chi connectivity index (χ0v) is 11.0. The zero-order chi connectivity index (χ0) is 14.8. The summed E-state index contributed by atoms with van der Waals surface area (Å²) in [5.74, 6) is -2.23. The highest BCUT2D eigenvalue weighted by molar-refractivity contribution is 5.94. The van der Waals surface area contributed by atoms with Gasteiger partial charge in [0.1, 0.15) is 5.82 Å². The van der Waals surface area contributed by atoms with E-state index in [-0.39, 0.29) is 17.7 Å². The lowest BCUT2D eigenvalue weighted by Crippen LogP contribution is -2.40. The normalized spacial score (nSPS) is 16.9. The van der Waals surface area contributed by atoms with Gasteiger partial charge >= 0.3 is 5.97 Å². The number of nitrogens with two attached hydrogens (primary N) is 1. The summed E-state index contributed by atoms with van der Waals surface area (Å²) in [6.45, 7) is 0. The Morgan fingerprint density at radius 3 is 2.60 bits per heavy atom. The number of amides is 1. The van der Waals surface area contributed by atoms with Crippen LogP contribution in [0.1, 0.15) is 42.5 Å². The van der Waals surface area contributed by atoms with Crippen LogP contribution in [0.4, 0.5) is 10.1 Å². The summed E-state index contributed by atoms with van der Waals surface area (Å²) in [6, 6.07) is 3.27. The van der Waals surface area contributed by atoms with Crippen molar-refractivity contribution in [2.24, 2.45) is 5.73 Å². The second-order valence-corrected chi connectivity index (χ2v) is 5.29. The SMILES string of the molecule is NC1(CC(=O)Nc2cc(C(=O)O)ccc2F)CCCC1. The first-order chi connectivity index (χ1) is 9.39. The molecule has 1 aromatic carbocycles.